The van der Waals surface area contributed by atoms with Gasteiger partial charge in [-0.3, -0.25) is 14.4 Å². The number of esters is 3. The van der Waals surface area contributed by atoms with Crippen molar-refractivity contribution in [2.24, 2.45) is 5.92 Å². The van der Waals surface area contributed by atoms with Gasteiger partial charge in [0.2, 0.25) is 0 Å². The van der Waals surface area contributed by atoms with E-state index in [0.29, 0.717) is 19.3 Å². The number of hydrogen-bond donors (Lipinski definition) is 0. The summed E-state index contributed by atoms with van der Waals surface area (Å²) in [7, 11) is 0. The summed E-state index contributed by atoms with van der Waals surface area (Å²) in [6.45, 7) is 9.01. The number of carbonyl (C=O) groups excluding carboxylic acids is 3. The zero-order valence-electron chi connectivity index (χ0n) is 39.5. The molecule has 0 heterocycles. The van der Waals surface area contributed by atoms with Crippen LogP contribution in [0.25, 0.3) is 0 Å². The molecule has 0 saturated carbocycles. The second-order valence-corrected chi connectivity index (χ2v) is 18.3. The maximum absolute atomic E-state index is 12.8. The Morgan fingerprint density at radius 2 is 0.569 bits per heavy atom. The summed E-state index contributed by atoms with van der Waals surface area (Å²) in [5.74, 6) is -0.0279. The molecule has 58 heavy (non-hydrogen) atoms. The van der Waals surface area contributed by atoms with Gasteiger partial charge in [-0.15, -0.1) is 0 Å². The molecule has 0 rings (SSSR count). The first-order valence-electron chi connectivity index (χ1n) is 25.9. The molecule has 0 aliphatic heterocycles. The van der Waals surface area contributed by atoms with Gasteiger partial charge in [-0.05, 0) is 25.2 Å². The fourth-order valence-electron chi connectivity index (χ4n) is 7.86. The van der Waals surface area contributed by atoms with Crippen molar-refractivity contribution in [1.29, 1.82) is 0 Å². The van der Waals surface area contributed by atoms with Crippen LogP contribution in [0, 0.1) is 5.92 Å². The molecule has 0 unspecified atom stereocenters. The molecule has 0 aromatic rings. The maximum atomic E-state index is 12.8. The topological polar surface area (TPSA) is 78.9 Å². The van der Waals surface area contributed by atoms with E-state index in [0.717, 1.165) is 63.7 Å². The summed E-state index contributed by atoms with van der Waals surface area (Å²) in [6.07, 6.45) is 48.0. The fourth-order valence-corrected chi connectivity index (χ4v) is 7.86. The fraction of sp³-hybridized carbons (Fsp3) is 0.942. The largest absolute Gasteiger partial charge is 0.462 e. The van der Waals surface area contributed by atoms with Crippen LogP contribution < -0.4 is 0 Å². The number of rotatable bonds is 47. The van der Waals surface area contributed by atoms with Crippen molar-refractivity contribution in [2.75, 3.05) is 13.2 Å². The van der Waals surface area contributed by atoms with Gasteiger partial charge in [-0.1, -0.05) is 252 Å². The molecular formula is C52H100O6. The van der Waals surface area contributed by atoms with E-state index in [1.807, 2.05) is 0 Å². The van der Waals surface area contributed by atoms with Crippen molar-refractivity contribution in [3.8, 4) is 0 Å². The van der Waals surface area contributed by atoms with Crippen LogP contribution >= 0.6 is 0 Å². The summed E-state index contributed by atoms with van der Waals surface area (Å²) in [4.78, 5) is 37.9. The van der Waals surface area contributed by atoms with E-state index in [2.05, 4.69) is 27.7 Å². The normalized spacial score (nSPS) is 11.9. The molecule has 0 amide bonds. The van der Waals surface area contributed by atoms with Crippen molar-refractivity contribution in [3.63, 3.8) is 0 Å². The van der Waals surface area contributed by atoms with Gasteiger partial charge >= 0.3 is 17.9 Å². The van der Waals surface area contributed by atoms with Crippen LogP contribution in [0.1, 0.15) is 291 Å². The monoisotopic (exact) mass is 821 g/mol. The van der Waals surface area contributed by atoms with Crippen LogP contribution in [0.4, 0.5) is 0 Å². The van der Waals surface area contributed by atoms with Gasteiger partial charge in [0.05, 0.1) is 0 Å². The second-order valence-electron chi connectivity index (χ2n) is 18.3. The lowest BCUT2D eigenvalue weighted by Crippen LogP contribution is -2.30. The Labute approximate surface area is 361 Å². The van der Waals surface area contributed by atoms with Crippen LogP contribution in [0.2, 0.25) is 0 Å². The predicted octanol–water partition coefficient (Wildman–Crippen LogP) is 16.7. The van der Waals surface area contributed by atoms with Crippen molar-refractivity contribution >= 4 is 17.9 Å². The average Bonchev–Trinajstić information content (AvgIpc) is 3.21. The first kappa shape index (κ1) is 56.4. The van der Waals surface area contributed by atoms with Crippen molar-refractivity contribution in [1.82, 2.24) is 0 Å². The first-order valence-corrected chi connectivity index (χ1v) is 25.9. The van der Waals surface area contributed by atoms with Crippen LogP contribution in [0.5, 0.6) is 0 Å². The Bertz CT molecular complexity index is 872. The zero-order valence-corrected chi connectivity index (χ0v) is 39.5. The van der Waals surface area contributed by atoms with E-state index in [-0.39, 0.29) is 31.1 Å². The minimum Gasteiger partial charge on any atom is -0.462 e. The standard InChI is InChI=1S/C52H100O6/c1-5-7-9-11-13-15-17-18-19-20-21-22-23-29-33-37-41-45-52(55)58-49(46-56-50(53)43-39-35-31-27-16-14-12-10-8-6-2)47-57-51(54)44-40-36-32-28-25-24-26-30-34-38-42-48(3)4/h48-49H,5-47H2,1-4H3/t49-/m1/s1. The van der Waals surface area contributed by atoms with E-state index in [9.17, 15) is 14.4 Å². The Morgan fingerprint density at radius 3 is 0.845 bits per heavy atom. The molecule has 0 radical (unpaired) electrons. The van der Waals surface area contributed by atoms with Gasteiger partial charge in [-0.2, -0.15) is 0 Å². The van der Waals surface area contributed by atoms with Crippen molar-refractivity contribution < 1.29 is 28.6 Å². The molecule has 1 atom stereocenters. The van der Waals surface area contributed by atoms with Crippen LogP contribution in [0.15, 0.2) is 0 Å². The lowest BCUT2D eigenvalue weighted by atomic mass is 10.0. The van der Waals surface area contributed by atoms with E-state index in [4.69, 9.17) is 14.2 Å². The molecule has 0 N–H and O–H groups in total. The summed E-state index contributed by atoms with van der Waals surface area (Å²) in [5, 5.41) is 0. The van der Waals surface area contributed by atoms with Gasteiger partial charge in [0.15, 0.2) is 6.10 Å². The maximum Gasteiger partial charge on any atom is 0.306 e. The van der Waals surface area contributed by atoms with E-state index >= 15 is 0 Å². The third-order valence-corrected chi connectivity index (χ3v) is 11.8. The minimum atomic E-state index is -0.760. The zero-order chi connectivity index (χ0) is 42.4. The summed E-state index contributed by atoms with van der Waals surface area (Å²) >= 11 is 0. The molecule has 0 fully saturated rings. The number of hydrogen-bond acceptors (Lipinski definition) is 6. The molecule has 0 aliphatic rings. The van der Waals surface area contributed by atoms with Crippen LogP contribution in [-0.2, 0) is 28.6 Å². The number of unbranched alkanes of at least 4 members (excludes halogenated alkanes) is 34. The average molecular weight is 821 g/mol. The molecule has 0 spiro atoms. The van der Waals surface area contributed by atoms with Crippen LogP contribution in [0.3, 0.4) is 0 Å². The van der Waals surface area contributed by atoms with Crippen molar-refractivity contribution in [2.45, 2.75) is 297 Å². The summed E-state index contributed by atoms with van der Waals surface area (Å²) < 4.78 is 16.8. The summed E-state index contributed by atoms with van der Waals surface area (Å²) in [6, 6.07) is 0. The van der Waals surface area contributed by atoms with Gasteiger partial charge in [0.1, 0.15) is 13.2 Å². The molecule has 0 aromatic heterocycles. The minimum absolute atomic E-state index is 0.0631. The molecule has 0 bridgehead atoms. The van der Waals surface area contributed by atoms with E-state index < -0.39 is 6.10 Å². The molecule has 0 aliphatic carbocycles. The van der Waals surface area contributed by atoms with E-state index in [1.165, 1.54) is 186 Å². The molecular weight excluding hydrogens is 721 g/mol. The molecule has 344 valence electrons. The SMILES string of the molecule is CCCCCCCCCCCCCCCCCCCC(=O)O[C@H](COC(=O)CCCCCCCCCCCC)COC(=O)CCCCCCCCCCCCC(C)C. The molecule has 0 aromatic carbocycles. The molecule has 6 heteroatoms. The van der Waals surface area contributed by atoms with Gasteiger partial charge in [-0.25, -0.2) is 0 Å². The third-order valence-electron chi connectivity index (χ3n) is 11.8. The number of carbonyl (C=O) groups is 3. The highest BCUT2D eigenvalue weighted by Crippen LogP contribution is 2.17. The molecule has 6 nitrogen and oxygen atoms in total. The van der Waals surface area contributed by atoms with Gasteiger partial charge in [0, 0.05) is 19.3 Å². The highest BCUT2D eigenvalue weighted by Gasteiger charge is 2.19. The predicted molar refractivity (Wildman–Crippen MR) is 247 cm³/mol. The van der Waals surface area contributed by atoms with Crippen molar-refractivity contribution in [3.05, 3.63) is 0 Å². The Kier molecular flexibility index (Phi) is 45.2. The Hall–Kier alpha value is -1.59. The highest BCUT2D eigenvalue weighted by molar-refractivity contribution is 5.71. The quantitative estimate of drug-likeness (QED) is 0.0346. The summed E-state index contributed by atoms with van der Waals surface area (Å²) in [5.41, 5.74) is 0. The van der Waals surface area contributed by atoms with Crippen LogP contribution in [-0.4, -0.2) is 37.2 Å². The molecule has 0 saturated heterocycles. The highest BCUT2D eigenvalue weighted by atomic mass is 16.6. The second kappa shape index (κ2) is 46.5. The lowest BCUT2D eigenvalue weighted by Gasteiger charge is -2.18. The Balaban J connectivity index is 4.28. The third kappa shape index (κ3) is 45.5. The lowest BCUT2D eigenvalue weighted by molar-refractivity contribution is -0.167. The van der Waals surface area contributed by atoms with Gasteiger partial charge < -0.3 is 14.2 Å². The smallest absolute Gasteiger partial charge is 0.306 e. The Morgan fingerprint density at radius 1 is 0.328 bits per heavy atom. The van der Waals surface area contributed by atoms with E-state index in [1.54, 1.807) is 0 Å². The van der Waals surface area contributed by atoms with Gasteiger partial charge in [0.25, 0.3) is 0 Å². The number of ether oxygens (including phenoxy) is 3. The first-order chi connectivity index (χ1) is 28.4.